The van der Waals surface area contributed by atoms with Gasteiger partial charge in [0.15, 0.2) is 0 Å². The number of nitrogens with one attached hydrogen (secondary N) is 1. The SMILES string of the molecule is COc1cc(OC)cc(N2CC[C@H](C(=O)NCC(C)C)C2=O)c1. The molecule has 1 N–H and O–H groups in total. The van der Waals surface area contributed by atoms with E-state index in [4.69, 9.17) is 9.47 Å². The van der Waals surface area contributed by atoms with Crippen LogP contribution in [0, 0.1) is 11.8 Å². The molecule has 0 saturated carbocycles. The monoisotopic (exact) mass is 320 g/mol. The fraction of sp³-hybridized carbons (Fsp3) is 0.529. The van der Waals surface area contributed by atoms with E-state index < -0.39 is 5.92 Å². The Hall–Kier alpha value is -2.24. The number of carbonyl (C=O) groups is 2. The van der Waals surface area contributed by atoms with Crippen molar-refractivity contribution in [1.82, 2.24) is 5.32 Å². The molecule has 0 unspecified atom stereocenters. The van der Waals surface area contributed by atoms with Gasteiger partial charge in [0.2, 0.25) is 11.8 Å². The Balaban J connectivity index is 2.14. The molecular weight excluding hydrogens is 296 g/mol. The van der Waals surface area contributed by atoms with Gasteiger partial charge in [-0.1, -0.05) is 13.8 Å². The Bertz CT molecular complexity index is 564. The second-order valence-corrected chi connectivity index (χ2v) is 6.04. The third-order valence-electron chi connectivity index (χ3n) is 3.85. The molecule has 0 aromatic heterocycles. The first kappa shape index (κ1) is 17.1. The molecule has 2 rings (SSSR count). The summed E-state index contributed by atoms with van der Waals surface area (Å²) in [6, 6.07) is 5.29. The molecule has 0 aliphatic carbocycles. The molecule has 0 radical (unpaired) electrons. The molecule has 1 aliphatic rings. The van der Waals surface area contributed by atoms with Crippen molar-refractivity contribution in [2.45, 2.75) is 20.3 Å². The number of anilines is 1. The van der Waals surface area contributed by atoms with Gasteiger partial charge in [0.25, 0.3) is 0 Å². The van der Waals surface area contributed by atoms with E-state index in [9.17, 15) is 9.59 Å². The normalized spacial score (nSPS) is 17.5. The summed E-state index contributed by atoms with van der Waals surface area (Å²) in [7, 11) is 3.12. The molecule has 1 aromatic rings. The van der Waals surface area contributed by atoms with E-state index in [1.807, 2.05) is 13.8 Å². The number of methoxy groups -OCH3 is 2. The topological polar surface area (TPSA) is 67.9 Å². The van der Waals surface area contributed by atoms with Gasteiger partial charge in [0.05, 0.1) is 19.9 Å². The summed E-state index contributed by atoms with van der Waals surface area (Å²) in [6.45, 7) is 5.13. The zero-order chi connectivity index (χ0) is 17.0. The van der Waals surface area contributed by atoms with Gasteiger partial charge in [0.1, 0.15) is 17.4 Å². The lowest BCUT2D eigenvalue weighted by molar-refractivity contribution is -0.132. The van der Waals surface area contributed by atoms with Crippen molar-refractivity contribution in [3.05, 3.63) is 18.2 Å². The molecule has 0 bridgehead atoms. The minimum atomic E-state index is -0.619. The van der Waals surface area contributed by atoms with E-state index in [2.05, 4.69) is 5.32 Å². The third kappa shape index (κ3) is 3.94. The molecule has 126 valence electrons. The van der Waals surface area contributed by atoms with Gasteiger partial charge < -0.3 is 19.7 Å². The van der Waals surface area contributed by atoms with Crippen LogP contribution in [0.1, 0.15) is 20.3 Å². The van der Waals surface area contributed by atoms with E-state index in [0.29, 0.717) is 42.6 Å². The molecule has 1 atom stereocenters. The molecule has 1 heterocycles. The maximum Gasteiger partial charge on any atom is 0.239 e. The summed E-state index contributed by atoms with van der Waals surface area (Å²) in [6.07, 6.45) is 0.516. The predicted octanol–water partition coefficient (Wildman–Crippen LogP) is 1.83. The zero-order valence-electron chi connectivity index (χ0n) is 14.1. The Morgan fingerprint density at radius 3 is 2.39 bits per heavy atom. The quantitative estimate of drug-likeness (QED) is 0.812. The van der Waals surface area contributed by atoms with Crippen LogP contribution in [0.4, 0.5) is 5.69 Å². The number of benzene rings is 1. The summed E-state index contributed by atoms with van der Waals surface area (Å²) in [5.74, 6) is 0.586. The summed E-state index contributed by atoms with van der Waals surface area (Å²) in [5, 5.41) is 2.84. The van der Waals surface area contributed by atoms with Gasteiger partial charge in [-0.2, -0.15) is 0 Å². The van der Waals surface area contributed by atoms with Gasteiger partial charge in [-0.25, -0.2) is 0 Å². The first-order chi connectivity index (χ1) is 11.0. The minimum Gasteiger partial charge on any atom is -0.497 e. The van der Waals surface area contributed by atoms with E-state index in [-0.39, 0.29) is 11.8 Å². The van der Waals surface area contributed by atoms with Crippen molar-refractivity contribution in [3.8, 4) is 11.5 Å². The van der Waals surface area contributed by atoms with Crippen molar-refractivity contribution in [1.29, 1.82) is 0 Å². The summed E-state index contributed by atoms with van der Waals surface area (Å²) in [5.41, 5.74) is 0.686. The molecule has 6 heteroatoms. The average Bonchev–Trinajstić information content (AvgIpc) is 2.93. The lowest BCUT2D eigenvalue weighted by Gasteiger charge is -2.19. The first-order valence-electron chi connectivity index (χ1n) is 7.78. The van der Waals surface area contributed by atoms with Gasteiger partial charge in [0, 0.05) is 31.3 Å². The van der Waals surface area contributed by atoms with Crippen LogP contribution in [0.15, 0.2) is 18.2 Å². The molecule has 2 amide bonds. The number of ether oxygens (including phenoxy) is 2. The molecule has 0 spiro atoms. The molecule has 1 aromatic carbocycles. The van der Waals surface area contributed by atoms with Crippen molar-refractivity contribution < 1.29 is 19.1 Å². The van der Waals surface area contributed by atoms with Crippen LogP contribution in [0.3, 0.4) is 0 Å². The van der Waals surface area contributed by atoms with E-state index in [0.717, 1.165) is 0 Å². The van der Waals surface area contributed by atoms with Crippen LogP contribution in [0.5, 0.6) is 11.5 Å². The second-order valence-electron chi connectivity index (χ2n) is 6.04. The molecule has 6 nitrogen and oxygen atoms in total. The zero-order valence-corrected chi connectivity index (χ0v) is 14.1. The molecule has 23 heavy (non-hydrogen) atoms. The highest BCUT2D eigenvalue weighted by Crippen LogP contribution is 2.32. The summed E-state index contributed by atoms with van der Waals surface area (Å²) < 4.78 is 10.5. The highest BCUT2D eigenvalue weighted by molar-refractivity contribution is 6.09. The number of hydrogen-bond acceptors (Lipinski definition) is 4. The third-order valence-corrected chi connectivity index (χ3v) is 3.85. The summed E-state index contributed by atoms with van der Waals surface area (Å²) >= 11 is 0. The van der Waals surface area contributed by atoms with Crippen LogP contribution >= 0.6 is 0 Å². The standard InChI is InChI=1S/C17H24N2O4/c1-11(2)10-18-16(20)15-5-6-19(17(15)21)12-7-13(22-3)9-14(8-12)23-4/h7-9,11,15H,5-6,10H2,1-4H3,(H,18,20)/t15-/m1/s1. The lowest BCUT2D eigenvalue weighted by Crippen LogP contribution is -2.38. The number of nitrogens with zero attached hydrogens (tertiary/aromatic N) is 1. The maximum absolute atomic E-state index is 12.6. The van der Waals surface area contributed by atoms with E-state index >= 15 is 0 Å². The maximum atomic E-state index is 12.6. The Kier molecular flexibility index (Phi) is 5.47. The van der Waals surface area contributed by atoms with Crippen molar-refractivity contribution in [2.24, 2.45) is 11.8 Å². The van der Waals surface area contributed by atoms with Crippen molar-refractivity contribution in [3.63, 3.8) is 0 Å². The smallest absolute Gasteiger partial charge is 0.239 e. The average molecular weight is 320 g/mol. The number of hydrogen-bond donors (Lipinski definition) is 1. The Morgan fingerprint density at radius 2 is 1.87 bits per heavy atom. The number of rotatable bonds is 6. The van der Waals surface area contributed by atoms with Crippen molar-refractivity contribution in [2.75, 3.05) is 32.2 Å². The molecular formula is C17H24N2O4. The van der Waals surface area contributed by atoms with E-state index in [1.54, 1.807) is 37.3 Å². The Labute approximate surface area is 136 Å². The van der Waals surface area contributed by atoms with Gasteiger partial charge in [-0.05, 0) is 12.3 Å². The summed E-state index contributed by atoms with van der Waals surface area (Å²) in [4.78, 5) is 26.4. The molecule has 1 aliphatic heterocycles. The Morgan fingerprint density at radius 1 is 1.26 bits per heavy atom. The number of carbonyl (C=O) groups excluding carboxylic acids is 2. The first-order valence-corrected chi connectivity index (χ1v) is 7.78. The second kappa shape index (κ2) is 7.35. The predicted molar refractivity (Wildman–Crippen MR) is 87.9 cm³/mol. The largest absolute Gasteiger partial charge is 0.497 e. The van der Waals surface area contributed by atoms with Gasteiger partial charge >= 0.3 is 0 Å². The highest BCUT2D eigenvalue weighted by Gasteiger charge is 2.37. The van der Waals surface area contributed by atoms with Gasteiger partial charge in [-0.3, -0.25) is 9.59 Å². The lowest BCUT2D eigenvalue weighted by atomic mass is 10.1. The fourth-order valence-electron chi connectivity index (χ4n) is 2.56. The van der Waals surface area contributed by atoms with Gasteiger partial charge in [-0.15, -0.1) is 0 Å². The van der Waals surface area contributed by atoms with E-state index in [1.165, 1.54) is 0 Å². The van der Waals surface area contributed by atoms with Crippen LogP contribution < -0.4 is 19.7 Å². The fourth-order valence-corrected chi connectivity index (χ4v) is 2.56. The van der Waals surface area contributed by atoms with Crippen LogP contribution in [0.25, 0.3) is 0 Å². The molecule has 1 fully saturated rings. The van der Waals surface area contributed by atoms with Crippen LogP contribution in [0.2, 0.25) is 0 Å². The van der Waals surface area contributed by atoms with Crippen molar-refractivity contribution >= 4 is 17.5 Å². The highest BCUT2D eigenvalue weighted by atomic mass is 16.5. The minimum absolute atomic E-state index is 0.179. The molecule has 1 saturated heterocycles. The number of amides is 2. The van der Waals surface area contributed by atoms with Crippen LogP contribution in [-0.4, -0.2) is 39.1 Å². The van der Waals surface area contributed by atoms with Crippen LogP contribution in [-0.2, 0) is 9.59 Å².